The zero-order valence-corrected chi connectivity index (χ0v) is 15.7. The van der Waals surface area contributed by atoms with Crippen molar-refractivity contribution in [2.45, 2.75) is 25.2 Å². The first-order valence-electron chi connectivity index (χ1n) is 7.44. The van der Waals surface area contributed by atoms with Gasteiger partial charge < -0.3 is 9.64 Å². The van der Waals surface area contributed by atoms with Gasteiger partial charge in [-0.3, -0.25) is 0 Å². The molecule has 1 fully saturated rings. The highest BCUT2D eigenvalue weighted by atomic mass is 35.5. The molecule has 0 atom stereocenters. The molecule has 23 heavy (non-hydrogen) atoms. The molecular weight excluding hydrogens is 368 g/mol. The summed E-state index contributed by atoms with van der Waals surface area (Å²) in [6.07, 6.45) is 2.51. The molecule has 1 aromatic heterocycles. The van der Waals surface area contributed by atoms with E-state index in [4.69, 9.17) is 28.6 Å². The lowest BCUT2D eigenvalue weighted by atomic mass is 10.3. The molecule has 0 aliphatic carbocycles. The van der Waals surface area contributed by atoms with Gasteiger partial charge in [-0.25, -0.2) is 4.98 Å². The van der Waals surface area contributed by atoms with Gasteiger partial charge in [-0.15, -0.1) is 11.3 Å². The number of rotatable bonds is 5. The van der Waals surface area contributed by atoms with Crippen LogP contribution in [0.3, 0.4) is 0 Å². The van der Waals surface area contributed by atoms with Crippen LogP contribution in [-0.4, -0.2) is 27.3 Å². The fraction of sp³-hybridized carbons (Fsp3) is 0.375. The van der Waals surface area contributed by atoms with Crippen molar-refractivity contribution in [2.24, 2.45) is 0 Å². The van der Waals surface area contributed by atoms with Crippen LogP contribution in [0.1, 0.15) is 23.5 Å². The van der Waals surface area contributed by atoms with Gasteiger partial charge in [0.1, 0.15) is 21.7 Å². The van der Waals surface area contributed by atoms with Crippen LogP contribution in [0.2, 0.25) is 5.02 Å². The van der Waals surface area contributed by atoms with E-state index in [0.29, 0.717) is 11.6 Å². The van der Waals surface area contributed by atoms with Gasteiger partial charge >= 0.3 is 0 Å². The molecule has 2 heterocycles. The first kappa shape index (κ1) is 17.0. The van der Waals surface area contributed by atoms with Crippen LogP contribution >= 0.6 is 46.9 Å². The molecule has 0 saturated carbocycles. The SMILES string of the molecule is S=C(SCc1csc(COc2ccc(Cl)cc2)n1)N1CCCC1. The minimum Gasteiger partial charge on any atom is -0.486 e. The minimum absolute atomic E-state index is 0.480. The standard InChI is InChI=1S/C16H17ClN2OS3/c17-12-3-5-14(6-4-12)20-9-15-18-13(10-22-15)11-23-16(21)19-7-1-2-8-19/h3-6,10H,1-2,7-9,11H2. The molecule has 3 rings (SSSR count). The van der Waals surface area contributed by atoms with Crippen LogP contribution in [0.5, 0.6) is 5.75 Å². The molecule has 1 saturated heterocycles. The highest BCUT2D eigenvalue weighted by Gasteiger charge is 2.15. The number of aromatic nitrogens is 1. The third-order valence-electron chi connectivity index (χ3n) is 3.48. The third kappa shape index (κ3) is 5.08. The molecule has 0 unspecified atom stereocenters. The van der Waals surface area contributed by atoms with Gasteiger partial charge in [0.2, 0.25) is 0 Å². The van der Waals surface area contributed by atoms with Crippen molar-refractivity contribution >= 4 is 51.2 Å². The van der Waals surface area contributed by atoms with Gasteiger partial charge in [0.15, 0.2) is 0 Å². The normalized spacial score (nSPS) is 14.2. The predicted octanol–water partition coefficient (Wildman–Crippen LogP) is 4.99. The van der Waals surface area contributed by atoms with Crippen molar-refractivity contribution in [2.75, 3.05) is 13.1 Å². The maximum absolute atomic E-state index is 5.86. The smallest absolute Gasteiger partial charge is 0.140 e. The number of nitrogens with zero attached hydrogens (tertiary/aromatic N) is 2. The van der Waals surface area contributed by atoms with E-state index < -0.39 is 0 Å². The van der Waals surface area contributed by atoms with Gasteiger partial charge in [0.25, 0.3) is 0 Å². The first-order valence-corrected chi connectivity index (χ1v) is 10.1. The Morgan fingerprint density at radius 1 is 1.30 bits per heavy atom. The van der Waals surface area contributed by atoms with Crippen LogP contribution < -0.4 is 4.74 Å². The molecule has 122 valence electrons. The summed E-state index contributed by atoms with van der Waals surface area (Å²) in [5.41, 5.74) is 1.07. The van der Waals surface area contributed by atoms with Gasteiger partial charge in [0, 0.05) is 29.2 Å². The van der Waals surface area contributed by atoms with Crippen LogP contribution in [0.25, 0.3) is 0 Å². The largest absolute Gasteiger partial charge is 0.486 e. The van der Waals surface area contributed by atoms with E-state index in [1.54, 1.807) is 23.1 Å². The molecule has 0 radical (unpaired) electrons. The Kier molecular flexibility index (Phi) is 6.16. The summed E-state index contributed by atoms with van der Waals surface area (Å²) < 4.78 is 6.71. The summed E-state index contributed by atoms with van der Waals surface area (Å²) in [6.45, 7) is 2.68. The summed E-state index contributed by atoms with van der Waals surface area (Å²) >= 11 is 14.7. The summed E-state index contributed by atoms with van der Waals surface area (Å²) in [7, 11) is 0. The maximum Gasteiger partial charge on any atom is 0.140 e. The Bertz CT molecular complexity index is 654. The maximum atomic E-state index is 5.86. The monoisotopic (exact) mass is 384 g/mol. The number of hydrogen-bond donors (Lipinski definition) is 0. The van der Waals surface area contributed by atoms with E-state index in [1.807, 2.05) is 24.3 Å². The van der Waals surface area contributed by atoms with Gasteiger partial charge in [-0.05, 0) is 37.1 Å². The molecule has 0 N–H and O–H groups in total. The van der Waals surface area contributed by atoms with Crippen molar-refractivity contribution < 1.29 is 4.74 Å². The van der Waals surface area contributed by atoms with Crippen molar-refractivity contribution in [3.05, 3.63) is 45.4 Å². The van der Waals surface area contributed by atoms with E-state index in [1.165, 1.54) is 12.8 Å². The van der Waals surface area contributed by atoms with Crippen LogP contribution in [0.15, 0.2) is 29.6 Å². The van der Waals surface area contributed by atoms with E-state index in [-0.39, 0.29) is 0 Å². The second kappa shape index (κ2) is 8.33. The average Bonchev–Trinajstić information content (AvgIpc) is 3.24. The summed E-state index contributed by atoms with van der Waals surface area (Å²) in [6, 6.07) is 7.36. The lowest BCUT2D eigenvalue weighted by Gasteiger charge is -2.16. The van der Waals surface area contributed by atoms with Crippen molar-refractivity contribution in [3.8, 4) is 5.75 Å². The minimum atomic E-state index is 0.480. The fourth-order valence-corrected chi connectivity index (χ4v) is 4.36. The van der Waals surface area contributed by atoms with Crippen LogP contribution in [0.4, 0.5) is 0 Å². The molecule has 3 nitrogen and oxygen atoms in total. The molecule has 1 aliphatic heterocycles. The zero-order chi connectivity index (χ0) is 16.1. The lowest BCUT2D eigenvalue weighted by molar-refractivity contribution is 0.305. The first-order chi connectivity index (χ1) is 11.2. The molecule has 7 heteroatoms. The molecule has 1 aliphatic rings. The van der Waals surface area contributed by atoms with Gasteiger partial charge in [-0.1, -0.05) is 35.6 Å². The highest BCUT2D eigenvalue weighted by Crippen LogP contribution is 2.22. The van der Waals surface area contributed by atoms with Crippen LogP contribution in [-0.2, 0) is 12.4 Å². The van der Waals surface area contributed by atoms with E-state index in [0.717, 1.165) is 39.6 Å². The number of benzene rings is 1. The van der Waals surface area contributed by atoms with E-state index in [9.17, 15) is 0 Å². The summed E-state index contributed by atoms with van der Waals surface area (Å²) in [5.74, 6) is 1.63. The Labute approximate surface area is 155 Å². The Morgan fingerprint density at radius 2 is 2.04 bits per heavy atom. The Balaban J connectivity index is 1.46. The molecule has 0 spiro atoms. The van der Waals surface area contributed by atoms with Gasteiger partial charge in [0.05, 0.1) is 5.69 Å². The van der Waals surface area contributed by atoms with Crippen molar-refractivity contribution in [1.82, 2.24) is 9.88 Å². The van der Waals surface area contributed by atoms with Gasteiger partial charge in [-0.2, -0.15) is 0 Å². The van der Waals surface area contributed by atoms with E-state index >= 15 is 0 Å². The Hall–Kier alpha value is -0.820. The number of halogens is 1. The van der Waals surface area contributed by atoms with Crippen molar-refractivity contribution in [3.63, 3.8) is 0 Å². The number of thiazole rings is 1. The van der Waals surface area contributed by atoms with Crippen molar-refractivity contribution in [1.29, 1.82) is 0 Å². The number of thioether (sulfide) groups is 1. The molecule has 2 aromatic rings. The number of hydrogen-bond acceptors (Lipinski definition) is 5. The second-order valence-electron chi connectivity index (χ2n) is 5.22. The Morgan fingerprint density at radius 3 is 2.78 bits per heavy atom. The predicted molar refractivity (Wildman–Crippen MR) is 103 cm³/mol. The second-order valence-corrected chi connectivity index (χ2v) is 8.21. The topological polar surface area (TPSA) is 25.4 Å². The number of thiocarbonyl (C=S) groups is 1. The molecular formula is C16H17ClN2OS3. The number of likely N-dealkylation sites (tertiary alicyclic amines) is 1. The summed E-state index contributed by atoms with van der Waals surface area (Å²) in [4.78, 5) is 6.90. The fourth-order valence-electron chi connectivity index (χ4n) is 2.28. The lowest BCUT2D eigenvalue weighted by Crippen LogP contribution is -2.23. The quantitative estimate of drug-likeness (QED) is 0.676. The third-order valence-corrected chi connectivity index (χ3v) is 6.16. The summed E-state index contributed by atoms with van der Waals surface area (Å²) in [5, 5.41) is 3.77. The average molecular weight is 385 g/mol. The molecule has 0 amide bonds. The number of ether oxygens (including phenoxy) is 1. The molecule has 1 aromatic carbocycles. The van der Waals surface area contributed by atoms with Crippen LogP contribution in [0, 0.1) is 0 Å². The highest BCUT2D eigenvalue weighted by molar-refractivity contribution is 8.22. The molecule has 0 bridgehead atoms. The zero-order valence-electron chi connectivity index (χ0n) is 12.5. The van der Waals surface area contributed by atoms with E-state index in [2.05, 4.69) is 15.3 Å².